The van der Waals surface area contributed by atoms with E-state index in [9.17, 15) is 15.3 Å². The van der Waals surface area contributed by atoms with Gasteiger partial charge in [-0.15, -0.1) is 0 Å². The van der Waals surface area contributed by atoms with E-state index in [-0.39, 0.29) is 6.42 Å². The van der Waals surface area contributed by atoms with Gasteiger partial charge in [0.2, 0.25) is 5.54 Å². The lowest BCUT2D eigenvalue weighted by molar-refractivity contribution is -0.131. The summed E-state index contributed by atoms with van der Waals surface area (Å²) in [5.74, 6) is -1.19. The third-order valence-electron chi connectivity index (χ3n) is 3.87. The first kappa shape index (κ1) is 16.8. The molecular formula is C16H17N3O4. The standard InChI is InChI=1S/C16H17N3O4/c17-11-16(12-18,19-6-9-22-10-7-19)13(3-1-5-15(20)21)14-4-2-8-23-14/h1-2,4-5,8,13H,3,6-7,9-10H2,(H,20,21)/b5-1+. The molecule has 1 N–H and O–H groups in total. The lowest BCUT2D eigenvalue weighted by Gasteiger charge is -2.39. The second-order valence-electron chi connectivity index (χ2n) is 5.13. The summed E-state index contributed by atoms with van der Waals surface area (Å²) in [6.07, 6.45) is 4.13. The summed E-state index contributed by atoms with van der Waals surface area (Å²) in [6.45, 7) is 1.81. The number of carbonyl (C=O) groups is 1. The molecule has 0 amide bonds. The summed E-state index contributed by atoms with van der Waals surface area (Å²) in [6, 6.07) is 7.64. The average molecular weight is 315 g/mol. The van der Waals surface area contributed by atoms with Gasteiger partial charge in [-0.2, -0.15) is 10.5 Å². The minimum atomic E-state index is -1.44. The minimum absolute atomic E-state index is 0.207. The summed E-state index contributed by atoms with van der Waals surface area (Å²) in [5, 5.41) is 28.3. The fourth-order valence-electron chi connectivity index (χ4n) is 2.75. The fraction of sp³-hybridized carbons (Fsp3) is 0.438. The van der Waals surface area contributed by atoms with E-state index >= 15 is 0 Å². The van der Waals surface area contributed by atoms with Crippen LogP contribution in [0.4, 0.5) is 0 Å². The third kappa shape index (κ3) is 3.59. The van der Waals surface area contributed by atoms with Crippen molar-refractivity contribution in [1.82, 2.24) is 4.90 Å². The molecule has 1 fully saturated rings. The molecule has 23 heavy (non-hydrogen) atoms. The molecule has 1 atom stereocenters. The van der Waals surface area contributed by atoms with Crippen LogP contribution >= 0.6 is 0 Å². The second-order valence-corrected chi connectivity index (χ2v) is 5.13. The predicted octanol–water partition coefficient (Wildman–Crippen LogP) is 1.51. The molecule has 0 radical (unpaired) electrons. The van der Waals surface area contributed by atoms with Crippen LogP contribution in [0, 0.1) is 22.7 Å². The van der Waals surface area contributed by atoms with Crippen LogP contribution < -0.4 is 0 Å². The summed E-state index contributed by atoms with van der Waals surface area (Å²) in [5.41, 5.74) is -1.44. The molecule has 1 aliphatic heterocycles. The third-order valence-corrected chi connectivity index (χ3v) is 3.87. The molecule has 7 heteroatoms. The molecule has 1 aromatic rings. The first-order valence-electron chi connectivity index (χ1n) is 7.22. The van der Waals surface area contributed by atoms with E-state index < -0.39 is 17.4 Å². The summed E-state index contributed by atoms with van der Waals surface area (Å²) >= 11 is 0. The zero-order chi connectivity index (χ0) is 16.7. The van der Waals surface area contributed by atoms with Gasteiger partial charge >= 0.3 is 5.97 Å². The lowest BCUT2D eigenvalue weighted by atomic mass is 9.80. The smallest absolute Gasteiger partial charge is 0.327 e. The Morgan fingerprint density at radius 2 is 2.13 bits per heavy atom. The summed E-state index contributed by atoms with van der Waals surface area (Å²) in [4.78, 5) is 12.5. The van der Waals surface area contributed by atoms with Gasteiger partial charge in [0.05, 0.1) is 25.4 Å². The van der Waals surface area contributed by atoms with E-state index in [1.54, 1.807) is 17.0 Å². The number of carboxylic acids is 1. The van der Waals surface area contributed by atoms with Crippen molar-refractivity contribution in [3.8, 4) is 12.1 Å². The van der Waals surface area contributed by atoms with Crippen molar-refractivity contribution in [2.75, 3.05) is 26.3 Å². The molecule has 120 valence electrons. The first-order chi connectivity index (χ1) is 11.1. The number of nitrogens with zero attached hydrogens (tertiary/aromatic N) is 3. The molecule has 0 aliphatic carbocycles. The first-order valence-corrected chi connectivity index (χ1v) is 7.22. The topological polar surface area (TPSA) is 110 Å². The SMILES string of the molecule is N#CC(C#N)(C(C/C=C/C(=O)O)c1ccco1)N1CCOCC1. The van der Waals surface area contributed by atoms with Crippen molar-refractivity contribution >= 4 is 5.97 Å². The van der Waals surface area contributed by atoms with Gasteiger partial charge in [0.15, 0.2) is 0 Å². The van der Waals surface area contributed by atoms with E-state index in [4.69, 9.17) is 14.3 Å². The molecule has 0 spiro atoms. The Morgan fingerprint density at radius 3 is 2.65 bits per heavy atom. The number of furan rings is 1. The quantitative estimate of drug-likeness (QED) is 0.792. The van der Waals surface area contributed by atoms with Gasteiger partial charge in [-0.3, -0.25) is 4.90 Å². The van der Waals surface area contributed by atoms with Gasteiger partial charge in [-0.05, 0) is 18.6 Å². The Hall–Kier alpha value is -2.61. The van der Waals surface area contributed by atoms with E-state index in [0.29, 0.717) is 32.1 Å². The van der Waals surface area contributed by atoms with Gasteiger partial charge in [0, 0.05) is 19.2 Å². The Morgan fingerprint density at radius 1 is 1.43 bits per heavy atom. The summed E-state index contributed by atoms with van der Waals surface area (Å²) < 4.78 is 10.7. The number of nitriles is 2. The number of carboxylic acid groups (broad SMARTS) is 1. The van der Waals surface area contributed by atoms with Crippen LogP contribution in [0.2, 0.25) is 0 Å². The molecule has 1 unspecified atom stereocenters. The van der Waals surface area contributed by atoms with Gasteiger partial charge in [-0.25, -0.2) is 4.79 Å². The van der Waals surface area contributed by atoms with Crippen LogP contribution in [0.15, 0.2) is 35.0 Å². The van der Waals surface area contributed by atoms with E-state index in [0.717, 1.165) is 6.08 Å². The molecule has 1 saturated heterocycles. The molecule has 0 aromatic carbocycles. The van der Waals surface area contributed by atoms with Gasteiger partial charge in [0.25, 0.3) is 0 Å². The van der Waals surface area contributed by atoms with E-state index in [2.05, 4.69) is 12.1 Å². The second kappa shape index (κ2) is 7.59. The van der Waals surface area contributed by atoms with Crippen molar-refractivity contribution in [2.45, 2.75) is 17.9 Å². The number of hydrogen-bond acceptors (Lipinski definition) is 6. The Labute approximate surface area is 134 Å². The van der Waals surface area contributed by atoms with Crippen molar-refractivity contribution < 1.29 is 19.1 Å². The number of rotatable bonds is 6. The average Bonchev–Trinajstić information content (AvgIpc) is 3.09. The van der Waals surface area contributed by atoms with Gasteiger partial charge in [-0.1, -0.05) is 6.08 Å². The van der Waals surface area contributed by atoms with Crippen LogP contribution in [0.5, 0.6) is 0 Å². The molecule has 7 nitrogen and oxygen atoms in total. The lowest BCUT2D eigenvalue weighted by Crippen LogP contribution is -2.55. The Kier molecular flexibility index (Phi) is 5.53. The minimum Gasteiger partial charge on any atom is -0.478 e. The maximum absolute atomic E-state index is 10.7. The van der Waals surface area contributed by atoms with Crippen LogP contribution in [-0.2, 0) is 9.53 Å². The molecular weight excluding hydrogens is 298 g/mol. The Balaban J connectivity index is 2.38. The number of allylic oxidation sites excluding steroid dienone is 1. The fourth-order valence-corrected chi connectivity index (χ4v) is 2.75. The zero-order valence-corrected chi connectivity index (χ0v) is 12.5. The molecule has 2 heterocycles. The van der Waals surface area contributed by atoms with Crippen LogP contribution in [0.1, 0.15) is 18.1 Å². The van der Waals surface area contributed by atoms with Crippen molar-refractivity contribution in [1.29, 1.82) is 10.5 Å². The van der Waals surface area contributed by atoms with Crippen LogP contribution in [-0.4, -0.2) is 47.8 Å². The van der Waals surface area contributed by atoms with Crippen LogP contribution in [0.3, 0.4) is 0 Å². The van der Waals surface area contributed by atoms with Gasteiger partial charge < -0.3 is 14.3 Å². The molecule has 0 bridgehead atoms. The zero-order valence-electron chi connectivity index (χ0n) is 12.5. The van der Waals surface area contributed by atoms with Crippen molar-refractivity contribution in [3.63, 3.8) is 0 Å². The largest absolute Gasteiger partial charge is 0.478 e. The van der Waals surface area contributed by atoms with Crippen molar-refractivity contribution in [2.24, 2.45) is 0 Å². The highest BCUT2D eigenvalue weighted by atomic mass is 16.5. The number of aliphatic carboxylic acids is 1. The Bertz CT molecular complexity index is 619. The molecule has 0 saturated carbocycles. The number of ether oxygens (including phenoxy) is 1. The highest BCUT2D eigenvalue weighted by Crippen LogP contribution is 2.37. The van der Waals surface area contributed by atoms with E-state index in [1.807, 2.05) is 0 Å². The van der Waals surface area contributed by atoms with Crippen molar-refractivity contribution in [3.05, 3.63) is 36.3 Å². The highest BCUT2D eigenvalue weighted by Gasteiger charge is 2.47. The number of hydrogen-bond donors (Lipinski definition) is 1. The predicted molar refractivity (Wildman–Crippen MR) is 79.2 cm³/mol. The molecule has 1 aromatic heterocycles. The van der Waals surface area contributed by atoms with E-state index in [1.165, 1.54) is 12.3 Å². The number of morpholine rings is 1. The molecule has 1 aliphatic rings. The highest BCUT2D eigenvalue weighted by molar-refractivity contribution is 5.79. The summed E-state index contributed by atoms with van der Waals surface area (Å²) in [7, 11) is 0. The van der Waals surface area contributed by atoms with Gasteiger partial charge in [0.1, 0.15) is 17.9 Å². The normalized spacial score (nSPS) is 17.5. The maximum Gasteiger partial charge on any atom is 0.327 e. The molecule has 2 rings (SSSR count). The maximum atomic E-state index is 10.7. The monoisotopic (exact) mass is 315 g/mol. The van der Waals surface area contributed by atoms with Crippen LogP contribution in [0.25, 0.3) is 0 Å².